The van der Waals surface area contributed by atoms with Crippen molar-refractivity contribution in [1.29, 1.82) is 0 Å². The second-order valence-electron chi connectivity index (χ2n) is 6.54. The third kappa shape index (κ3) is 1.02. The minimum atomic E-state index is -0.266. The fraction of sp³-hybridized carbons (Fsp3) is 0.643. The minimum absolute atomic E-state index is 0.0593. The number of nitrogens with zero attached hydrogens (tertiary/aromatic N) is 3. The Morgan fingerprint density at radius 2 is 1.55 bits per heavy atom. The van der Waals surface area contributed by atoms with Crippen LogP contribution >= 0.6 is 0 Å². The quantitative estimate of drug-likeness (QED) is 0.704. The Bertz CT molecular complexity index is 740. The van der Waals surface area contributed by atoms with E-state index in [-0.39, 0.29) is 47.1 Å². The van der Waals surface area contributed by atoms with Gasteiger partial charge in [0.1, 0.15) is 5.78 Å². The van der Waals surface area contributed by atoms with Gasteiger partial charge < -0.3 is 0 Å². The predicted octanol–water partition coefficient (Wildman–Crippen LogP) is -0.145. The van der Waals surface area contributed by atoms with Gasteiger partial charge in [-0.05, 0) is 12.8 Å². The van der Waals surface area contributed by atoms with E-state index in [1.165, 1.54) is 7.05 Å². The van der Waals surface area contributed by atoms with Crippen molar-refractivity contribution in [3.63, 3.8) is 0 Å². The molecule has 0 radical (unpaired) electrons. The lowest BCUT2D eigenvalue weighted by atomic mass is 9.96. The van der Waals surface area contributed by atoms with Gasteiger partial charge in [-0.25, -0.2) is 23.5 Å². The van der Waals surface area contributed by atoms with Crippen LogP contribution in [0.2, 0.25) is 0 Å². The van der Waals surface area contributed by atoms with E-state index in [0.717, 1.165) is 17.4 Å². The normalized spacial score (nSPS) is 39.5. The summed E-state index contributed by atoms with van der Waals surface area (Å²) in [5, 5.41) is 0. The van der Waals surface area contributed by atoms with Gasteiger partial charge in [0.15, 0.2) is 0 Å². The van der Waals surface area contributed by atoms with Crippen LogP contribution in [0.3, 0.4) is 0 Å². The highest BCUT2D eigenvalue weighted by Crippen LogP contribution is 2.65. The van der Waals surface area contributed by atoms with E-state index >= 15 is 0 Å². The number of rotatable bonds is 2. The van der Waals surface area contributed by atoms with Gasteiger partial charge in [0.2, 0.25) is 0 Å². The van der Waals surface area contributed by atoms with Gasteiger partial charge in [-0.1, -0.05) is 12.2 Å². The molecule has 2 fully saturated rings. The van der Waals surface area contributed by atoms with E-state index in [4.69, 9.17) is 0 Å². The maximum absolute atomic E-state index is 12.4. The molecule has 2 saturated carbocycles. The lowest BCUT2D eigenvalue weighted by molar-refractivity contribution is -0.122. The molecule has 20 heavy (non-hydrogen) atoms. The van der Waals surface area contributed by atoms with E-state index in [1.807, 2.05) is 12.2 Å². The number of aromatic nitrogens is 3. The van der Waals surface area contributed by atoms with Gasteiger partial charge in [0.25, 0.3) is 0 Å². The number of hydrogen-bond acceptors (Lipinski definition) is 3. The third-order valence-corrected chi connectivity index (χ3v) is 5.50. The van der Waals surface area contributed by atoms with E-state index in [0.29, 0.717) is 5.78 Å². The Kier molecular flexibility index (Phi) is 1.67. The summed E-state index contributed by atoms with van der Waals surface area (Å²) in [6.07, 6.45) is 6.05. The maximum atomic E-state index is 12.4. The molecule has 5 aliphatic rings. The Balaban J connectivity index is 1.65. The van der Waals surface area contributed by atoms with Crippen LogP contribution in [0.5, 0.6) is 0 Å². The van der Waals surface area contributed by atoms with Gasteiger partial charge in [0.05, 0.1) is 12.1 Å². The Hall–Kier alpha value is -1.85. The molecule has 1 unspecified atom stereocenters. The standard InChI is InChI=1S/C14H15N3O3/c1-15-13(19)16-7-4-5-8(17(16)14(15)20)10-9(7)11(10)12(18)6-2-3-6/h4-11H,2-3H2,1H3/t7-,8+,9+,10-,11?. The molecule has 2 bridgehead atoms. The number of carbonyl (C=O) groups is 1. The lowest BCUT2D eigenvalue weighted by Gasteiger charge is -2.32. The van der Waals surface area contributed by atoms with Crippen LogP contribution in [0.25, 0.3) is 0 Å². The minimum Gasteiger partial charge on any atom is -0.299 e. The molecule has 5 atom stereocenters. The molecule has 6 heteroatoms. The first kappa shape index (κ1) is 10.9. The van der Waals surface area contributed by atoms with E-state index < -0.39 is 0 Å². The highest BCUT2D eigenvalue weighted by atomic mass is 16.2. The van der Waals surface area contributed by atoms with E-state index in [2.05, 4.69) is 0 Å². The molecule has 0 aromatic carbocycles. The van der Waals surface area contributed by atoms with Crippen LogP contribution < -0.4 is 11.4 Å². The molecule has 1 aromatic heterocycles. The lowest BCUT2D eigenvalue weighted by Crippen LogP contribution is -2.40. The maximum Gasteiger partial charge on any atom is 0.347 e. The van der Waals surface area contributed by atoms with Gasteiger partial charge in [-0.3, -0.25) is 4.79 Å². The zero-order valence-corrected chi connectivity index (χ0v) is 11.1. The SMILES string of the molecule is Cn1c(=O)n2n(c1=O)[C@H]1C=C[C@@H]2[C@@H]2C(C(=O)C3CC3)[C@@H]21. The van der Waals surface area contributed by atoms with Gasteiger partial charge in [-0.2, -0.15) is 0 Å². The molecule has 104 valence electrons. The van der Waals surface area contributed by atoms with Crippen LogP contribution in [-0.2, 0) is 11.8 Å². The number of Topliss-reactive ketones (excluding diaryl/α,β-unsaturated/α-hetero) is 1. The van der Waals surface area contributed by atoms with Crippen molar-refractivity contribution in [2.24, 2.45) is 30.7 Å². The third-order valence-electron chi connectivity index (χ3n) is 5.50. The fourth-order valence-corrected chi connectivity index (χ4v) is 4.35. The summed E-state index contributed by atoms with van der Waals surface area (Å²) in [7, 11) is 1.51. The zero-order chi connectivity index (χ0) is 13.8. The van der Waals surface area contributed by atoms with Gasteiger partial charge in [-0.15, -0.1) is 0 Å². The van der Waals surface area contributed by atoms with Crippen molar-refractivity contribution < 1.29 is 4.79 Å². The molecule has 3 aliphatic carbocycles. The van der Waals surface area contributed by atoms with Crippen LogP contribution in [0, 0.1) is 23.7 Å². The summed E-state index contributed by atoms with van der Waals surface area (Å²) in [5.41, 5.74) is -0.533. The number of ketones is 1. The van der Waals surface area contributed by atoms with Crippen molar-refractivity contribution in [3.8, 4) is 0 Å². The summed E-state index contributed by atoms with van der Waals surface area (Å²) in [5.74, 6) is 1.15. The molecule has 6 rings (SSSR count). The molecule has 6 nitrogen and oxygen atoms in total. The summed E-state index contributed by atoms with van der Waals surface area (Å²) in [6.45, 7) is 0. The summed E-state index contributed by atoms with van der Waals surface area (Å²) in [6, 6.07) is -0.224. The molecule has 0 amide bonds. The smallest absolute Gasteiger partial charge is 0.299 e. The molecule has 0 spiro atoms. The summed E-state index contributed by atoms with van der Waals surface area (Å²) >= 11 is 0. The summed E-state index contributed by atoms with van der Waals surface area (Å²) < 4.78 is 4.29. The first-order valence-corrected chi connectivity index (χ1v) is 7.23. The van der Waals surface area contributed by atoms with E-state index in [9.17, 15) is 14.4 Å². The van der Waals surface area contributed by atoms with Crippen molar-refractivity contribution in [2.75, 3.05) is 0 Å². The molecule has 0 N–H and O–H groups in total. The molecule has 0 saturated heterocycles. The molecular formula is C14H15N3O3. The zero-order valence-electron chi connectivity index (χ0n) is 11.1. The first-order valence-electron chi connectivity index (χ1n) is 7.23. The Labute approximate surface area is 114 Å². The number of carbonyl (C=O) groups excluding carboxylic acids is 1. The van der Waals surface area contributed by atoms with Crippen molar-refractivity contribution in [1.82, 2.24) is 13.9 Å². The average molecular weight is 273 g/mol. The van der Waals surface area contributed by atoms with Crippen LogP contribution in [-0.4, -0.2) is 19.7 Å². The van der Waals surface area contributed by atoms with Crippen molar-refractivity contribution >= 4 is 5.78 Å². The number of hydrogen-bond donors (Lipinski definition) is 0. The second kappa shape index (κ2) is 3.07. The van der Waals surface area contributed by atoms with Crippen molar-refractivity contribution in [2.45, 2.75) is 24.9 Å². The average Bonchev–Trinajstić information content (AvgIpc) is 3.36. The predicted molar refractivity (Wildman–Crippen MR) is 69.3 cm³/mol. The monoisotopic (exact) mass is 273 g/mol. The molecule has 2 aliphatic heterocycles. The fourth-order valence-electron chi connectivity index (χ4n) is 4.35. The van der Waals surface area contributed by atoms with Crippen LogP contribution in [0.4, 0.5) is 0 Å². The van der Waals surface area contributed by atoms with Crippen molar-refractivity contribution in [3.05, 3.63) is 33.1 Å². The van der Waals surface area contributed by atoms with Crippen LogP contribution in [0.1, 0.15) is 24.9 Å². The van der Waals surface area contributed by atoms with Crippen LogP contribution in [0.15, 0.2) is 21.7 Å². The van der Waals surface area contributed by atoms with Gasteiger partial charge >= 0.3 is 11.4 Å². The van der Waals surface area contributed by atoms with Gasteiger partial charge in [0, 0.05) is 30.7 Å². The van der Waals surface area contributed by atoms with E-state index in [1.54, 1.807) is 9.36 Å². The Morgan fingerprint density at radius 3 is 2.00 bits per heavy atom. The summed E-state index contributed by atoms with van der Waals surface area (Å²) in [4.78, 5) is 36.7. The molecule has 1 aromatic rings. The second-order valence-corrected chi connectivity index (χ2v) is 6.54. The molecular weight excluding hydrogens is 258 g/mol. The molecule has 3 heterocycles. The largest absolute Gasteiger partial charge is 0.347 e. The first-order chi connectivity index (χ1) is 9.61. The Morgan fingerprint density at radius 1 is 1.05 bits per heavy atom. The highest BCUT2D eigenvalue weighted by Gasteiger charge is 2.67. The number of allylic oxidation sites excluding steroid dienone is 2. The topological polar surface area (TPSA) is 66.0 Å². The highest BCUT2D eigenvalue weighted by molar-refractivity contribution is 5.89.